The number of carbonyl (C=O) groups is 1. The Morgan fingerprint density at radius 3 is 2.40 bits per heavy atom. The van der Waals surface area contributed by atoms with Crippen LogP contribution in [0.5, 0.6) is 11.5 Å². The van der Waals surface area contributed by atoms with Crippen molar-refractivity contribution >= 4 is 18.3 Å². The average molecular weight is 369 g/mol. The number of hydrogen-bond donors (Lipinski definition) is 1. The standard InChI is InChI=1S/C18H18F2N2O2.ClH/c1-22(13-8-9-21-11-13)18(23)12-2-4-14(5-3-12)24-15-6-7-16(19)17(20)10-15;/h2-7,10,13,21H,8-9,11H2,1H3;1H. The summed E-state index contributed by atoms with van der Waals surface area (Å²) >= 11 is 0. The minimum Gasteiger partial charge on any atom is -0.457 e. The van der Waals surface area contributed by atoms with E-state index in [-0.39, 0.29) is 30.1 Å². The number of ether oxygens (including phenoxy) is 1. The van der Waals surface area contributed by atoms with E-state index in [9.17, 15) is 13.6 Å². The Balaban J connectivity index is 0.00000225. The van der Waals surface area contributed by atoms with Crippen molar-refractivity contribution in [2.75, 3.05) is 20.1 Å². The maximum absolute atomic E-state index is 13.2. The number of rotatable bonds is 4. The smallest absolute Gasteiger partial charge is 0.253 e. The van der Waals surface area contributed by atoms with Gasteiger partial charge < -0.3 is 15.0 Å². The quantitative estimate of drug-likeness (QED) is 0.896. The summed E-state index contributed by atoms with van der Waals surface area (Å²) in [5.74, 6) is -1.30. The fourth-order valence-corrected chi connectivity index (χ4v) is 2.68. The second kappa shape index (κ2) is 8.27. The lowest BCUT2D eigenvalue weighted by molar-refractivity contribution is 0.0744. The molecule has 2 aromatic carbocycles. The molecule has 1 amide bonds. The van der Waals surface area contributed by atoms with Gasteiger partial charge in [0.1, 0.15) is 11.5 Å². The summed E-state index contributed by atoms with van der Waals surface area (Å²) in [6, 6.07) is 10.1. The summed E-state index contributed by atoms with van der Waals surface area (Å²) < 4.78 is 31.6. The lowest BCUT2D eigenvalue weighted by Gasteiger charge is -2.23. The first kappa shape index (κ1) is 19.1. The van der Waals surface area contributed by atoms with E-state index >= 15 is 0 Å². The molecule has 134 valence electrons. The SMILES string of the molecule is CN(C(=O)c1ccc(Oc2ccc(F)c(F)c2)cc1)C1CCNC1.Cl. The van der Waals surface area contributed by atoms with Crippen molar-refractivity contribution in [1.82, 2.24) is 10.2 Å². The summed E-state index contributed by atoms with van der Waals surface area (Å²) in [6.07, 6.45) is 0.944. The van der Waals surface area contributed by atoms with E-state index in [2.05, 4.69) is 5.32 Å². The van der Waals surface area contributed by atoms with Gasteiger partial charge in [0.15, 0.2) is 11.6 Å². The van der Waals surface area contributed by atoms with Crippen LogP contribution in [0.1, 0.15) is 16.8 Å². The Kier molecular flexibility index (Phi) is 6.33. The number of amides is 1. The van der Waals surface area contributed by atoms with Crippen LogP contribution in [0.4, 0.5) is 8.78 Å². The number of nitrogens with one attached hydrogen (secondary N) is 1. The largest absolute Gasteiger partial charge is 0.457 e. The Bertz CT molecular complexity index is 734. The molecule has 0 aliphatic carbocycles. The first-order valence-electron chi connectivity index (χ1n) is 7.75. The number of hydrogen-bond acceptors (Lipinski definition) is 3. The number of benzene rings is 2. The van der Waals surface area contributed by atoms with Crippen LogP contribution in [0.3, 0.4) is 0 Å². The molecule has 2 aromatic rings. The van der Waals surface area contributed by atoms with E-state index in [1.54, 1.807) is 36.2 Å². The van der Waals surface area contributed by atoms with E-state index in [0.717, 1.165) is 31.6 Å². The van der Waals surface area contributed by atoms with Crippen molar-refractivity contribution in [2.45, 2.75) is 12.5 Å². The summed E-state index contributed by atoms with van der Waals surface area (Å²) in [7, 11) is 1.80. The summed E-state index contributed by atoms with van der Waals surface area (Å²) in [5, 5.41) is 3.23. The van der Waals surface area contributed by atoms with E-state index in [1.165, 1.54) is 6.07 Å². The van der Waals surface area contributed by atoms with Crippen molar-refractivity contribution in [1.29, 1.82) is 0 Å². The molecule has 4 nitrogen and oxygen atoms in total. The zero-order valence-corrected chi connectivity index (χ0v) is 14.5. The van der Waals surface area contributed by atoms with Crippen LogP contribution in [0.25, 0.3) is 0 Å². The molecule has 0 bridgehead atoms. The van der Waals surface area contributed by atoms with Crippen LogP contribution in [0.2, 0.25) is 0 Å². The highest BCUT2D eigenvalue weighted by Gasteiger charge is 2.23. The average Bonchev–Trinajstić information content (AvgIpc) is 3.12. The van der Waals surface area contributed by atoms with Gasteiger partial charge in [0, 0.05) is 31.3 Å². The normalized spacial score (nSPS) is 16.2. The predicted molar refractivity (Wildman–Crippen MR) is 93.5 cm³/mol. The molecular formula is C18H19ClF2N2O2. The molecular weight excluding hydrogens is 350 g/mol. The monoisotopic (exact) mass is 368 g/mol. The molecule has 0 saturated carbocycles. The highest BCUT2D eigenvalue weighted by Crippen LogP contribution is 2.24. The Morgan fingerprint density at radius 2 is 1.80 bits per heavy atom. The number of carbonyl (C=O) groups excluding carboxylic acids is 1. The first-order chi connectivity index (χ1) is 11.5. The molecule has 1 aliphatic rings. The number of halogens is 3. The first-order valence-corrected chi connectivity index (χ1v) is 7.75. The molecule has 1 fully saturated rings. The van der Waals surface area contributed by atoms with Crippen molar-refractivity contribution in [3.8, 4) is 11.5 Å². The van der Waals surface area contributed by atoms with E-state index in [4.69, 9.17) is 4.74 Å². The molecule has 0 spiro atoms. The molecule has 0 aromatic heterocycles. The third-order valence-electron chi connectivity index (χ3n) is 4.13. The fourth-order valence-electron chi connectivity index (χ4n) is 2.68. The van der Waals surface area contributed by atoms with Gasteiger partial charge >= 0.3 is 0 Å². The molecule has 1 atom stereocenters. The third kappa shape index (κ3) is 4.46. The van der Waals surface area contributed by atoms with Crippen molar-refractivity contribution in [3.63, 3.8) is 0 Å². The topological polar surface area (TPSA) is 41.6 Å². The van der Waals surface area contributed by atoms with Gasteiger partial charge in [-0.25, -0.2) is 8.78 Å². The van der Waals surface area contributed by atoms with Crippen LogP contribution in [-0.2, 0) is 0 Å². The van der Waals surface area contributed by atoms with Gasteiger partial charge in [0.05, 0.1) is 0 Å². The van der Waals surface area contributed by atoms with Gasteiger partial charge in [-0.15, -0.1) is 12.4 Å². The van der Waals surface area contributed by atoms with Gasteiger partial charge in [0.2, 0.25) is 0 Å². The Labute approximate surface area is 151 Å². The molecule has 1 heterocycles. The van der Waals surface area contributed by atoms with Gasteiger partial charge in [-0.1, -0.05) is 0 Å². The molecule has 1 N–H and O–H groups in total. The third-order valence-corrected chi connectivity index (χ3v) is 4.13. The number of likely N-dealkylation sites (N-methyl/N-ethyl adjacent to an activating group) is 1. The minimum atomic E-state index is -0.967. The summed E-state index contributed by atoms with van der Waals surface area (Å²) in [5.41, 5.74) is 0.557. The summed E-state index contributed by atoms with van der Waals surface area (Å²) in [4.78, 5) is 14.2. The second-order valence-electron chi connectivity index (χ2n) is 5.77. The fraction of sp³-hybridized carbons (Fsp3) is 0.278. The zero-order valence-electron chi connectivity index (χ0n) is 13.7. The predicted octanol–water partition coefficient (Wildman–Crippen LogP) is 3.61. The zero-order chi connectivity index (χ0) is 17.1. The van der Waals surface area contributed by atoms with Crippen LogP contribution in [0, 0.1) is 11.6 Å². The maximum atomic E-state index is 13.2. The van der Waals surface area contributed by atoms with Crippen LogP contribution in [0.15, 0.2) is 42.5 Å². The van der Waals surface area contributed by atoms with Gasteiger partial charge in [0.25, 0.3) is 5.91 Å². The molecule has 3 rings (SSSR count). The summed E-state index contributed by atoms with van der Waals surface area (Å²) in [6.45, 7) is 1.73. The van der Waals surface area contributed by atoms with E-state index in [1.807, 2.05) is 0 Å². The lowest BCUT2D eigenvalue weighted by atomic mass is 10.1. The maximum Gasteiger partial charge on any atom is 0.253 e. The van der Waals surface area contributed by atoms with Crippen molar-refractivity contribution in [2.24, 2.45) is 0 Å². The van der Waals surface area contributed by atoms with Crippen LogP contribution >= 0.6 is 12.4 Å². The molecule has 1 aliphatic heterocycles. The highest BCUT2D eigenvalue weighted by molar-refractivity contribution is 5.94. The highest BCUT2D eigenvalue weighted by atomic mass is 35.5. The van der Waals surface area contributed by atoms with E-state index in [0.29, 0.717) is 11.3 Å². The molecule has 7 heteroatoms. The van der Waals surface area contributed by atoms with Gasteiger partial charge in [-0.2, -0.15) is 0 Å². The van der Waals surface area contributed by atoms with Crippen molar-refractivity contribution < 1.29 is 18.3 Å². The van der Waals surface area contributed by atoms with Crippen LogP contribution in [-0.4, -0.2) is 37.0 Å². The van der Waals surface area contributed by atoms with Crippen molar-refractivity contribution in [3.05, 3.63) is 59.7 Å². The lowest BCUT2D eigenvalue weighted by Crippen LogP contribution is -2.38. The van der Waals surface area contributed by atoms with Gasteiger partial charge in [-0.05, 0) is 49.4 Å². The van der Waals surface area contributed by atoms with Crippen LogP contribution < -0.4 is 10.1 Å². The Morgan fingerprint density at radius 1 is 1.12 bits per heavy atom. The molecule has 25 heavy (non-hydrogen) atoms. The van der Waals surface area contributed by atoms with E-state index < -0.39 is 11.6 Å². The molecule has 1 unspecified atom stereocenters. The minimum absolute atomic E-state index is 0. The molecule has 1 saturated heterocycles. The second-order valence-corrected chi connectivity index (χ2v) is 5.77. The molecule has 0 radical (unpaired) electrons. The van der Waals surface area contributed by atoms with Gasteiger partial charge in [-0.3, -0.25) is 4.79 Å². The Hall–Kier alpha value is -2.18. The number of nitrogens with zero attached hydrogens (tertiary/aromatic N) is 1.